The minimum atomic E-state index is -1.18. The molecule has 0 aliphatic carbocycles. The number of nitrogens with zero attached hydrogens (tertiary/aromatic N) is 5. The van der Waals surface area contributed by atoms with Crippen molar-refractivity contribution in [2.75, 3.05) is 19.6 Å². The monoisotopic (exact) mass is 651 g/mol. The number of piperidine rings is 2. The van der Waals surface area contributed by atoms with Crippen LogP contribution in [0.15, 0.2) is 65.8 Å². The molecule has 5 heterocycles. The number of hydrogen-bond acceptors (Lipinski definition) is 6. The van der Waals surface area contributed by atoms with E-state index in [4.69, 9.17) is 11.6 Å². The zero-order valence-corrected chi connectivity index (χ0v) is 27.2. The van der Waals surface area contributed by atoms with E-state index in [9.17, 15) is 24.6 Å². The van der Waals surface area contributed by atoms with Crippen molar-refractivity contribution in [1.82, 2.24) is 23.9 Å². The third-order valence-corrected chi connectivity index (χ3v) is 10.6. The van der Waals surface area contributed by atoms with Crippen LogP contribution in [0.2, 0.25) is 4.34 Å². The molecule has 2 aliphatic heterocycles. The highest BCUT2D eigenvalue weighted by molar-refractivity contribution is 7.18. The molecule has 0 bridgehead atoms. The number of hydrogen-bond donors (Lipinski definition) is 2. The molecule has 0 saturated carbocycles. The van der Waals surface area contributed by atoms with E-state index in [1.165, 1.54) is 27.1 Å². The second kappa shape index (κ2) is 11.9. The second-order valence-electron chi connectivity index (χ2n) is 13.3. The number of rotatable bonds is 5. The molecule has 6 rings (SSSR count). The van der Waals surface area contributed by atoms with Gasteiger partial charge in [-0.2, -0.15) is 0 Å². The molecule has 3 atom stereocenters. The van der Waals surface area contributed by atoms with Crippen LogP contribution in [0.4, 0.5) is 4.79 Å². The lowest BCUT2D eigenvalue weighted by Crippen LogP contribution is -2.59. The van der Waals surface area contributed by atoms with Crippen molar-refractivity contribution in [2.24, 2.45) is 11.3 Å². The lowest BCUT2D eigenvalue weighted by molar-refractivity contribution is -0.144. The summed E-state index contributed by atoms with van der Waals surface area (Å²) in [5, 5.41) is 23.0. The smallest absolute Gasteiger partial charge is 0.407 e. The van der Waals surface area contributed by atoms with Gasteiger partial charge in [0.05, 0.1) is 21.9 Å². The number of amides is 2. The summed E-state index contributed by atoms with van der Waals surface area (Å²) in [5.74, 6) is -0.714. The topological polar surface area (TPSA) is 121 Å². The molecular formula is C33H38ClN5O5S. The van der Waals surface area contributed by atoms with E-state index in [1.807, 2.05) is 66.6 Å². The van der Waals surface area contributed by atoms with Gasteiger partial charge >= 0.3 is 6.09 Å². The van der Waals surface area contributed by atoms with Crippen molar-refractivity contribution in [3.05, 3.63) is 81.3 Å². The van der Waals surface area contributed by atoms with E-state index >= 15 is 0 Å². The van der Waals surface area contributed by atoms with Gasteiger partial charge in [0.15, 0.2) is 5.65 Å². The molecule has 238 valence electrons. The van der Waals surface area contributed by atoms with Gasteiger partial charge in [0.2, 0.25) is 5.91 Å². The highest BCUT2D eigenvalue weighted by atomic mass is 35.5. The zero-order valence-electron chi connectivity index (χ0n) is 25.6. The first-order valence-corrected chi connectivity index (χ1v) is 16.4. The van der Waals surface area contributed by atoms with Gasteiger partial charge < -0.3 is 20.0 Å². The molecule has 2 saturated heterocycles. The van der Waals surface area contributed by atoms with Crippen LogP contribution in [0.3, 0.4) is 0 Å². The van der Waals surface area contributed by atoms with Crippen LogP contribution in [0.1, 0.15) is 51.5 Å². The van der Waals surface area contributed by atoms with Gasteiger partial charge in [-0.05, 0) is 48.4 Å². The number of benzene rings is 1. The predicted octanol–water partition coefficient (Wildman–Crippen LogP) is 5.45. The standard InChI is InChI=1S/C33H38ClN5O5S/c1-32(2,3)27-26(21-7-5-4-6-8-21)22(11-16-39(27)31(42)43)29(40)36-17-13-33(44,14-18-36)19-37-20-35-28-23(30(37)41)12-15-38(28)25-10-9-24(34)45-25/h4-10,12,15,20,22,26-27,44H,11,13-14,16-19H2,1-3H3,(H,42,43)/t22-,26+,27?/m1/s1. The molecule has 3 aromatic heterocycles. The van der Waals surface area contributed by atoms with Crippen LogP contribution in [0.25, 0.3) is 16.0 Å². The van der Waals surface area contributed by atoms with Crippen LogP contribution in [0, 0.1) is 11.3 Å². The lowest BCUT2D eigenvalue weighted by Gasteiger charge is -2.51. The zero-order chi connectivity index (χ0) is 32.1. The molecule has 1 aromatic carbocycles. The molecule has 4 aromatic rings. The van der Waals surface area contributed by atoms with Crippen molar-refractivity contribution < 1.29 is 19.8 Å². The number of likely N-dealkylation sites (tertiary alicyclic amines) is 2. The van der Waals surface area contributed by atoms with Crippen LogP contribution in [0.5, 0.6) is 0 Å². The molecule has 0 radical (unpaired) electrons. The van der Waals surface area contributed by atoms with Gasteiger partial charge in [-0.15, -0.1) is 11.3 Å². The van der Waals surface area contributed by atoms with Crippen molar-refractivity contribution in [1.29, 1.82) is 0 Å². The minimum Gasteiger partial charge on any atom is -0.465 e. The van der Waals surface area contributed by atoms with Crippen LogP contribution in [-0.4, -0.2) is 77.4 Å². The summed E-state index contributed by atoms with van der Waals surface area (Å²) in [6.45, 7) is 7.12. The Hall–Kier alpha value is -3.67. The maximum absolute atomic E-state index is 14.2. The van der Waals surface area contributed by atoms with Gasteiger partial charge in [0.1, 0.15) is 11.3 Å². The number of aliphatic hydroxyl groups is 1. The SMILES string of the molecule is CC(C)(C)C1[C@@H](c2ccccc2)[C@H](C(=O)N2CCC(O)(Cn3cnc4c(ccn4-c4ccc(Cl)s4)c3=O)CC2)CCN1C(=O)O. The van der Waals surface area contributed by atoms with Crippen molar-refractivity contribution in [2.45, 2.75) is 64.1 Å². The Balaban J connectivity index is 1.19. The second-order valence-corrected chi connectivity index (χ2v) is 15.0. The maximum atomic E-state index is 14.2. The first-order chi connectivity index (χ1) is 21.4. The quantitative estimate of drug-likeness (QED) is 0.296. The first kappa shape index (κ1) is 31.3. The van der Waals surface area contributed by atoms with Crippen molar-refractivity contribution in [3.63, 3.8) is 0 Å². The normalized spacial score (nSPS) is 22.1. The fourth-order valence-electron chi connectivity index (χ4n) is 7.23. The number of carbonyl (C=O) groups excluding carboxylic acids is 1. The number of thiophene rings is 1. The summed E-state index contributed by atoms with van der Waals surface area (Å²) in [7, 11) is 0. The van der Waals surface area contributed by atoms with E-state index in [0.29, 0.717) is 47.7 Å². The molecular weight excluding hydrogens is 614 g/mol. The van der Waals surface area contributed by atoms with E-state index < -0.39 is 23.0 Å². The first-order valence-electron chi connectivity index (χ1n) is 15.2. The molecule has 1 unspecified atom stereocenters. The van der Waals surface area contributed by atoms with E-state index in [1.54, 1.807) is 18.3 Å². The summed E-state index contributed by atoms with van der Waals surface area (Å²) in [4.78, 5) is 47.7. The van der Waals surface area contributed by atoms with E-state index in [0.717, 1.165) is 10.6 Å². The highest BCUT2D eigenvalue weighted by Gasteiger charge is 2.50. The molecule has 2 aliphatic rings. The third-order valence-electron chi connectivity index (χ3n) is 9.36. The largest absolute Gasteiger partial charge is 0.465 e. The van der Waals surface area contributed by atoms with Gasteiger partial charge in [-0.3, -0.25) is 18.7 Å². The number of carboxylic acid groups (broad SMARTS) is 1. The summed E-state index contributed by atoms with van der Waals surface area (Å²) < 4.78 is 3.92. The number of fused-ring (bicyclic) bond motifs is 1. The Labute approximate surface area is 270 Å². The molecule has 0 spiro atoms. The van der Waals surface area contributed by atoms with Gasteiger partial charge in [-0.1, -0.05) is 62.7 Å². The Morgan fingerprint density at radius 3 is 2.40 bits per heavy atom. The van der Waals surface area contributed by atoms with Gasteiger partial charge in [0.25, 0.3) is 5.56 Å². The molecule has 12 heteroatoms. The number of halogens is 1. The Morgan fingerprint density at radius 2 is 1.78 bits per heavy atom. The molecule has 2 fully saturated rings. The van der Waals surface area contributed by atoms with Crippen LogP contribution < -0.4 is 5.56 Å². The van der Waals surface area contributed by atoms with Crippen molar-refractivity contribution >= 4 is 46.0 Å². The average molecular weight is 652 g/mol. The summed E-state index contributed by atoms with van der Waals surface area (Å²) in [6, 6.07) is 14.8. The highest BCUT2D eigenvalue weighted by Crippen LogP contribution is 2.46. The maximum Gasteiger partial charge on any atom is 0.407 e. The Bertz CT molecular complexity index is 1770. The Kier molecular flexibility index (Phi) is 8.30. The van der Waals surface area contributed by atoms with Crippen LogP contribution in [-0.2, 0) is 11.3 Å². The minimum absolute atomic E-state index is 0.0135. The summed E-state index contributed by atoms with van der Waals surface area (Å²) in [5.41, 5.74) is -0.344. The number of aromatic nitrogens is 3. The van der Waals surface area contributed by atoms with E-state index in [-0.39, 0.29) is 36.5 Å². The lowest BCUT2D eigenvalue weighted by atomic mass is 9.66. The molecule has 2 amide bonds. The third kappa shape index (κ3) is 6.01. The Morgan fingerprint density at radius 1 is 1.07 bits per heavy atom. The molecule has 2 N–H and O–H groups in total. The van der Waals surface area contributed by atoms with Gasteiger partial charge in [-0.25, -0.2) is 9.78 Å². The predicted molar refractivity (Wildman–Crippen MR) is 174 cm³/mol. The number of carbonyl (C=O) groups is 2. The fourth-order valence-corrected chi connectivity index (χ4v) is 8.25. The van der Waals surface area contributed by atoms with E-state index in [2.05, 4.69) is 4.98 Å². The molecule has 45 heavy (non-hydrogen) atoms. The van der Waals surface area contributed by atoms with Crippen LogP contribution >= 0.6 is 22.9 Å². The van der Waals surface area contributed by atoms with Crippen molar-refractivity contribution in [3.8, 4) is 5.00 Å². The molecule has 10 nitrogen and oxygen atoms in total. The van der Waals surface area contributed by atoms with Gasteiger partial charge in [0, 0.05) is 43.7 Å². The summed E-state index contributed by atoms with van der Waals surface area (Å²) >= 11 is 7.49. The fraction of sp³-hybridized carbons (Fsp3) is 0.455. The average Bonchev–Trinajstić information content (AvgIpc) is 3.64. The summed E-state index contributed by atoms with van der Waals surface area (Å²) in [6.07, 6.45) is 3.34.